The van der Waals surface area contributed by atoms with Gasteiger partial charge in [0.1, 0.15) is 11.5 Å². The highest BCUT2D eigenvalue weighted by atomic mass is 16.5. The molecule has 186 valence electrons. The summed E-state index contributed by atoms with van der Waals surface area (Å²) in [6.45, 7) is 0. The van der Waals surface area contributed by atoms with Crippen molar-refractivity contribution in [3.05, 3.63) is 140 Å². The van der Waals surface area contributed by atoms with E-state index in [4.69, 9.17) is 4.74 Å². The largest absolute Gasteiger partial charge is 0.456 e. The normalized spacial score (nSPS) is 12.2. The number of rotatable bonds is 2. The van der Waals surface area contributed by atoms with E-state index in [0.717, 1.165) is 17.1 Å². The van der Waals surface area contributed by atoms with Crippen molar-refractivity contribution < 1.29 is 4.74 Å². The molecule has 1 aromatic heterocycles. The number of aromatic nitrogens is 1. The van der Waals surface area contributed by atoms with Gasteiger partial charge in [-0.1, -0.05) is 103 Å². The Morgan fingerprint density at radius 2 is 1.12 bits per heavy atom. The Morgan fingerprint density at radius 3 is 2.08 bits per heavy atom. The molecular formula is C38H23NO. The Bertz CT molecular complexity index is 2300. The van der Waals surface area contributed by atoms with Crippen molar-refractivity contribution in [2.24, 2.45) is 0 Å². The molecule has 0 fully saturated rings. The molecule has 0 bridgehead atoms. The summed E-state index contributed by atoms with van der Waals surface area (Å²) >= 11 is 0. The first-order valence-electron chi connectivity index (χ1n) is 13.7. The summed E-state index contributed by atoms with van der Waals surface area (Å²) < 4.78 is 8.82. The molecule has 1 aliphatic rings. The second-order valence-corrected chi connectivity index (χ2v) is 10.5. The van der Waals surface area contributed by atoms with Gasteiger partial charge in [0, 0.05) is 27.1 Å². The van der Waals surface area contributed by atoms with Gasteiger partial charge >= 0.3 is 0 Å². The maximum atomic E-state index is 6.40. The molecule has 0 aliphatic carbocycles. The predicted octanol–water partition coefficient (Wildman–Crippen LogP) is 10.5. The lowest BCUT2D eigenvalue weighted by Gasteiger charge is -2.22. The van der Waals surface area contributed by atoms with E-state index in [1.807, 2.05) is 0 Å². The quantitative estimate of drug-likeness (QED) is 0.226. The van der Waals surface area contributed by atoms with Crippen LogP contribution in [0.1, 0.15) is 0 Å². The van der Waals surface area contributed by atoms with E-state index in [2.05, 4.69) is 144 Å². The Labute approximate surface area is 231 Å². The van der Waals surface area contributed by atoms with Crippen LogP contribution in [0.25, 0.3) is 71.3 Å². The van der Waals surface area contributed by atoms with Crippen LogP contribution >= 0.6 is 0 Å². The molecule has 9 rings (SSSR count). The SMILES string of the molecule is c1ccc2c(-n3c4ccccc4c4c(-c5ccc6c(c5)-c5cccc7cccc(c57)O6)cccc43)cccc2c1. The van der Waals surface area contributed by atoms with Gasteiger partial charge in [0.15, 0.2) is 0 Å². The van der Waals surface area contributed by atoms with Crippen molar-refractivity contribution in [2.75, 3.05) is 0 Å². The molecule has 2 heteroatoms. The number of hydrogen-bond donors (Lipinski definition) is 0. The Balaban J connectivity index is 1.34. The lowest BCUT2D eigenvalue weighted by Crippen LogP contribution is -1.97. The highest BCUT2D eigenvalue weighted by Crippen LogP contribution is 2.48. The number of para-hydroxylation sites is 1. The van der Waals surface area contributed by atoms with E-state index in [9.17, 15) is 0 Å². The summed E-state index contributed by atoms with van der Waals surface area (Å²) in [5.74, 6) is 1.83. The third-order valence-corrected chi connectivity index (χ3v) is 8.37. The molecule has 7 aromatic carbocycles. The van der Waals surface area contributed by atoms with Gasteiger partial charge in [0.25, 0.3) is 0 Å². The van der Waals surface area contributed by atoms with Crippen LogP contribution in [0.15, 0.2) is 140 Å². The number of ether oxygens (including phenoxy) is 1. The summed E-state index contributed by atoms with van der Waals surface area (Å²) in [4.78, 5) is 0. The Morgan fingerprint density at radius 1 is 0.425 bits per heavy atom. The zero-order valence-corrected chi connectivity index (χ0v) is 21.6. The van der Waals surface area contributed by atoms with Crippen molar-refractivity contribution >= 4 is 43.4 Å². The van der Waals surface area contributed by atoms with Crippen LogP contribution in [0.2, 0.25) is 0 Å². The molecule has 0 amide bonds. The molecule has 0 atom stereocenters. The van der Waals surface area contributed by atoms with E-state index in [0.29, 0.717) is 0 Å². The van der Waals surface area contributed by atoms with Crippen LogP contribution in [-0.2, 0) is 0 Å². The highest BCUT2D eigenvalue weighted by Gasteiger charge is 2.22. The standard InChI is InChI=1S/C38H23NO/c1-2-13-27-24(9-1)10-6-18-32(27)39-33-17-4-3-14-30(33)38-28(15-8-19-34(38)39)26-21-22-35-31(23-26)29-16-5-11-25-12-7-20-36(40-35)37(25)29/h1-23H. The van der Waals surface area contributed by atoms with Gasteiger partial charge in [-0.15, -0.1) is 0 Å². The van der Waals surface area contributed by atoms with Gasteiger partial charge in [0.05, 0.1) is 16.7 Å². The summed E-state index contributed by atoms with van der Waals surface area (Å²) in [6, 6.07) is 50.1. The van der Waals surface area contributed by atoms with Crippen molar-refractivity contribution in [3.8, 4) is 39.4 Å². The van der Waals surface area contributed by atoms with Crippen molar-refractivity contribution in [3.63, 3.8) is 0 Å². The maximum absolute atomic E-state index is 6.40. The number of hydrogen-bond acceptors (Lipinski definition) is 1. The van der Waals surface area contributed by atoms with Crippen LogP contribution < -0.4 is 4.74 Å². The van der Waals surface area contributed by atoms with Crippen LogP contribution in [0.3, 0.4) is 0 Å². The fraction of sp³-hybridized carbons (Fsp3) is 0. The molecule has 0 N–H and O–H groups in total. The molecule has 40 heavy (non-hydrogen) atoms. The van der Waals surface area contributed by atoms with Crippen molar-refractivity contribution in [2.45, 2.75) is 0 Å². The zero-order valence-electron chi connectivity index (χ0n) is 21.6. The minimum Gasteiger partial charge on any atom is -0.456 e. The van der Waals surface area contributed by atoms with Gasteiger partial charge in [-0.3, -0.25) is 0 Å². The molecule has 0 unspecified atom stereocenters. The molecule has 8 aromatic rings. The molecule has 0 saturated heterocycles. The lowest BCUT2D eigenvalue weighted by molar-refractivity contribution is 0.487. The Kier molecular flexibility index (Phi) is 4.36. The molecule has 1 aliphatic heterocycles. The fourth-order valence-corrected chi connectivity index (χ4v) is 6.65. The van der Waals surface area contributed by atoms with Gasteiger partial charge in [-0.2, -0.15) is 0 Å². The second kappa shape index (κ2) is 8.08. The molecule has 0 radical (unpaired) electrons. The van der Waals surface area contributed by atoms with Crippen molar-refractivity contribution in [1.82, 2.24) is 4.57 Å². The van der Waals surface area contributed by atoms with Crippen LogP contribution in [0.4, 0.5) is 0 Å². The summed E-state index contributed by atoms with van der Waals surface area (Å²) in [5.41, 5.74) is 8.38. The first-order valence-corrected chi connectivity index (χ1v) is 13.7. The zero-order chi connectivity index (χ0) is 26.2. The number of nitrogens with zero attached hydrogens (tertiary/aromatic N) is 1. The second-order valence-electron chi connectivity index (χ2n) is 10.5. The third-order valence-electron chi connectivity index (χ3n) is 8.37. The smallest absolute Gasteiger partial charge is 0.135 e. The first kappa shape index (κ1) is 21.6. The minimum atomic E-state index is 0.903. The highest BCUT2D eigenvalue weighted by molar-refractivity contribution is 6.17. The fourth-order valence-electron chi connectivity index (χ4n) is 6.65. The minimum absolute atomic E-state index is 0.903. The topological polar surface area (TPSA) is 14.2 Å². The van der Waals surface area contributed by atoms with E-state index in [-0.39, 0.29) is 0 Å². The third kappa shape index (κ3) is 2.93. The van der Waals surface area contributed by atoms with Gasteiger partial charge in [0.2, 0.25) is 0 Å². The summed E-state index contributed by atoms with van der Waals surface area (Å²) in [7, 11) is 0. The van der Waals surface area contributed by atoms with E-state index in [1.165, 1.54) is 65.7 Å². The van der Waals surface area contributed by atoms with Crippen LogP contribution in [-0.4, -0.2) is 4.57 Å². The Hall–Kier alpha value is -5.34. The van der Waals surface area contributed by atoms with E-state index in [1.54, 1.807) is 0 Å². The summed E-state index contributed by atoms with van der Waals surface area (Å²) in [5, 5.41) is 7.39. The predicted molar refractivity (Wildman–Crippen MR) is 167 cm³/mol. The van der Waals surface area contributed by atoms with Gasteiger partial charge in [-0.05, 0) is 63.9 Å². The number of benzene rings is 7. The maximum Gasteiger partial charge on any atom is 0.135 e. The average Bonchev–Trinajstić information content (AvgIpc) is 3.35. The first-order chi connectivity index (χ1) is 19.8. The summed E-state index contributed by atoms with van der Waals surface area (Å²) in [6.07, 6.45) is 0. The molecular weight excluding hydrogens is 486 g/mol. The average molecular weight is 510 g/mol. The molecule has 0 spiro atoms. The van der Waals surface area contributed by atoms with Crippen LogP contribution in [0.5, 0.6) is 11.5 Å². The van der Waals surface area contributed by atoms with E-state index >= 15 is 0 Å². The van der Waals surface area contributed by atoms with Crippen molar-refractivity contribution in [1.29, 1.82) is 0 Å². The van der Waals surface area contributed by atoms with Gasteiger partial charge < -0.3 is 9.30 Å². The van der Waals surface area contributed by atoms with Gasteiger partial charge in [-0.25, -0.2) is 0 Å². The number of fused-ring (bicyclic) bond motifs is 6. The lowest BCUT2D eigenvalue weighted by atomic mass is 9.91. The monoisotopic (exact) mass is 509 g/mol. The molecule has 2 nitrogen and oxygen atoms in total. The molecule has 0 saturated carbocycles. The van der Waals surface area contributed by atoms with E-state index < -0.39 is 0 Å². The van der Waals surface area contributed by atoms with Crippen LogP contribution in [0, 0.1) is 0 Å². The molecule has 2 heterocycles.